The van der Waals surface area contributed by atoms with Crippen LogP contribution in [0.5, 0.6) is 5.75 Å². The lowest BCUT2D eigenvalue weighted by Gasteiger charge is -2.35. The van der Waals surface area contributed by atoms with Gasteiger partial charge in [0.05, 0.1) is 30.5 Å². The van der Waals surface area contributed by atoms with Gasteiger partial charge in [-0.05, 0) is 68.7 Å². The number of hydrogen-bond acceptors (Lipinski definition) is 18. The summed E-state index contributed by atoms with van der Waals surface area (Å²) in [5.74, 6) is -6.43. The number of nitrogens with one attached hydrogen (secondary N) is 6. The number of fused-ring (bicyclic) bond motifs is 2. The standard InChI is InChI=1S/C52H88N10O15/c1-5-28(2)24-29(3)12-10-8-6-7-9-11-13-39(69)56-34-26-38(68)46(55-22-21-54)60-50(75)43-37(67)19-23-61(43)52(77)41(36(66)18-20-53)58-49(74)42(45(71)44(70)31-14-16-32(64)17-15-31)59-48(73)35-25-33(65)27-62(35)51(76)40(30(4)63)57-47(34)72/h14-17,28-30,33-38,40-46,55,63-68,70-71H,5-13,18-27,53-54H2,1-4H3,(H,56,69)(H,57,72)(H,58,74)(H,59,73)(H,60,75)/t28?,29?,30?,33?,34?,35-,36?,37?,38?,40-,41+,42-,43-,44?,45?,46?/m0/s1. The predicted octanol–water partition coefficient (Wildman–Crippen LogP) is -3.31. The Morgan fingerprint density at radius 2 is 1.34 bits per heavy atom. The fraction of sp³-hybridized carbons (Fsp3) is 0.750. The van der Waals surface area contributed by atoms with Crippen molar-refractivity contribution in [2.75, 3.05) is 32.7 Å². The number of phenolic OH excluding ortho intramolecular Hbond substituents is 1. The Balaban J connectivity index is 1.73. The van der Waals surface area contributed by atoms with Crippen molar-refractivity contribution in [2.24, 2.45) is 23.3 Å². The maximum Gasteiger partial charge on any atom is 0.248 e. The first-order valence-electron chi connectivity index (χ1n) is 27.3. The van der Waals surface area contributed by atoms with Crippen molar-refractivity contribution in [3.63, 3.8) is 0 Å². The maximum atomic E-state index is 14.6. The van der Waals surface area contributed by atoms with E-state index < -0.39 is 146 Å². The van der Waals surface area contributed by atoms with Crippen LogP contribution in [-0.2, 0) is 33.6 Å². The van der Waals surface area contributed by atoms with Gasteiger partial charge in [0.15, 0.2) is 0 Å². The van der Waals surface area contributed by atoms with Crippen LogP contribution in [0.3, 0.4) is 0 Å². The summed E-state index contributed by atoms with van der Waals surface area (Å²) in [6.45, 7) is 6.73. The summed E-state index contributed by atoms with van der Waals surface area (Å²) in [5.41, 5.74) is 11.5. The van der Waals surface area contributed by atoms with Crippen LogP contribution in [0, 0.1) is 11.8 Å². The van der Waals surface area contributed by atoms with E-state index in [4.69, 9.17) is 11.5 Å². The van der Waals surface area contributed by atoms with Gasteiger partial charge >= 0.3 is 0 Å². The summed E-state index contributed by atoms with van der Waals surface area (Å²) in [6.07, 6.45) is -6.95. The highest BCUT2D eigenvalue weighted by molar-refractivity contribution is 5.98. The molecule has 25 heteroatoms. The minimum atomic E-state index is -2.28. The zero-order chi connectivity index (χ0) is 57.1. The number of aromatic hydroxyl groups is 1. The van der Waals surface area contributed by atoms with Crippen molar-refractivity contribution in [3.8, 4) is 5.75 Å². The number of aliphatic hydroxyl groups excluding tert-OH is 7. The van der Waals surface area contributed by atoms with Gasteiger partial charge in [0.25, 0.3) is 0 Å². The Labute approximate surface area is 450 Å². The minimum Gasteiger partial charge on any atom is -0.508 e. The second kappa shape index (κ2) is 31.5. The molecule has 0 radical (unpaired) electrons. The summed E-state index contributed by atoms with van der Waals surface area (Å²) in [7, 11) is 0. The van der Waals surface area contributed by atoms with Gasteiger partial charge in [-0.3, -0.25) is 38.9 Å². The molecular weight excluding hydrogens is 1000 g/mol. The van der Waals surface area contributed by atoms with E-state index in [0.29, 0.717) is 24.7 Å². The van der Waals surface area contributed by atoms with Crippen molar-refractivity contribution in [1.82, 2.24) is 41.7 Å². The zero-order valence-corrected chi connectivity index (χ0v) is 45.0. The average Bonchev–Trinajstić information content (AvgIpc) is 3.99. The molecule has 7 amide bonds. The van der Waals surface area contributed by atoms with E-state index in [9.17, 15) is 74.4 Å². The van der Waals surface area contributed by atoms with Crippen LogP contribution in [0.15, 0.2) is 24.3 Å². The smallest absolute Gasteiger partial charge is 0.248 e. The lowest BCUT2D eigenvalue weighted by atomic mass is 9.91. The number of amides is 7. The molecule has 0 aromatic heterocycles. The quantitative estimate of drug-likeness (QED) is 0.0477. The molecule has 0 aliphatic carbocycles. The molecule has 436 valence electrons. The van der Waals surface area contributed by atoms with Crippen LogP contribution in [0.4, 0.5) is 0 Å². The Kier molecular flexibility index (Phi) is 26.4. The first-order valence-corrected chi connectivity index (χ1v) is 27.3. The number of nitrogens with two attached hydrogens (primary N) is 2. The monoisotopic (exact) mass is 1090 g/mol. The van der Waals surface area contributed by atoms with Gasteiger partial charge in [-0.25, -0.2) is 0 Å². The van der Waals surface area contributed by atoms with Crippen LogP contribution in [0.1, 0.15) is 129 Å². The largest absolute Gasteiger partial charge is 0.508 e. The van der Waals surface area contributed by atoms with E-state index in [1.54, 1.807) is 0 Å². The minimum absolute atomic E-state index is 0.0257. The predicted molar refractivity (Wildman–Crippen MR) is 280 cm³/mol. The number of rotatable bonds is 23. The molecule has 1 aromatic rings. The number of phenols is 1. The van der Waals surface area contributed by atoms with Gasteiger partial charge < -0.3 is 88.7 Å². The number of aliphatic hydroxyl groups is 7. The van der Waals surface area contributed by atoms with Crippen LogP contribution in [0.25, 0.3) is 0 Å². The molecule has 3 heterocycles. The van der Waals surface area contributed by atoms with Crippen molar-refractivity contribution in [2.45, 2.75) is 203 Å². The number of carbonyl (C=O) groups is 7. The van der Waals surface area contributed by atoms with Crippen LogP contribution >= 0.6 is 0 Å². The molecule has 16 atom stereocenters. The number of unbranched alkanes of at least 4 members (excludes halogenated alkanes) is 5. The maximum absolute atomic E-state index is 14.6. The van der Waals surface area contributed by atoms with E-state index in [2.05, 4.69) is 52.7 Å². The molecule has 3 fully saturated rings. The highest BCUT2D eigenvalue weighted by Gasteiger charge is 2.49. The first kappa shape index (κ1) is 64.4. The number of hydrogen-bond donors (Lipinski definition) is 16. The molecular formula is C52H88N10O15. The Morgan fingerprint density at radius 1 is 0.714 bits per heavy atom. The molecule has 0 bridgehead atoms. The molecule has 3 saturated heterocycles. The number of benzene rings is 1. The fourth-order valence-electron chi connectivity index (χ4n) is 10.2. The highest BCUT2D eigenvalue weighted by Crippen LogP contribution is 2.27. The van der Waals surface area contributed by atoms with Gasteiger partial charge in [0.2, 0.25) is 41.4 Å². The van der Waals surface area contributed by atoms with E-state index in [1.807, 2.05) is 0 Å². The summed E-state index contributed by atoms with van der Waals surface area (Å²) < 4.78 is 0. The fourth-order valence-corrected chi connectivity index (χ4v) is 10.2. The van der Waals surface area contributed by atoms with E-state index >= 15 is 0 Å². The van der Waals surface area contributed by atoms with Crippen molar-refractivity contribution in [3.05, 3.63) is 29.8 Å². The van der Waals surface area contributed by atoms with E-state index in [0.717, 1.165) is 55.2 Å². The van der Waals surface area contributed by atoms with Crippen molar-refractivity contribution in [1.29, 1.82) is 0 Å². The van der Waals surface area contributed by atoms with Gasteiger partial charge in [-0.1, -0.05) is 77.8 Å². The second-order valence-corrected chi connectivity index (χ2v) is 21.3. The summed E-state index contributed by atoms with van der Waals surface area (Å²) in [6, 6.07) is -6.40. The molecule has 0 saturated carbocycles. The lowest BCUT2D eigenvalue weighted by molar-refractivity contribution is -0.148. The molecule has 3 aliphatic heterocycles. The third kappa shape index (κ3) is 18.8. The third-order valence-electron chi connectivity index (χ3n) is 14.9. The molecule has 1 aromatic carbocycles. The van der Waals surface area contributed by atoms with Gasteiger partial charge in [0, 0.05) is 45.4 Å². The molecule has 25 nitrogen and oxygen atoms in total. The van der Waals surface area contributed by atoms with Crippen molar-refractivity contribution >= 4 is 41.4 Å². The number of carbonyl (C=O) groups excluding carboxylic acids is 7. The summed E-state index contributed by atoms with van der Waals surface area (Å²) in [5, 5.41) is 104. The third-order valence-corrected chi connectivity index (χ3v) is 14.9. The highest BCUT2D eigenvalue weighted by atomic mass is 16.3. The van der Waals surface area contributed by atoms with Gasteiger partial charge in [0.1, 0.15) is 60.4 Å². The van der Waals surface area contributed by atoms with Crippen LogP contribution in [0.2, 0.25) is 0 Å². The normalized spacial score (nSPS) is 28.6. The Bertz CT molecular complexity index is 2070. The van der Waals surface area contributed by atoms with Gasteiger partial charge in [-0.15, -0.1) is 0 Å². The SMILES string of the molecule is CCC(C)CC(C)CCCCCCCCC(=O)NC1CC(O)C(NCCN)NC(=O)[C@@H]2C(O)CCN2C(=O)[C@@H](C(O)CCN)NC(=O)[C@H](C(O)C(O)c2ccc(O)cc2)NC(=O)[C@@H]2CC(O)CN2C(=O)[C@H](C(C)O)NC1=O. The molecule has 11 unspecified atom stereocenters. The molecule has 0 spiro atoms. The Morgan fingerprint density at radius 3 is 1.97 bits per heavy atom. The second-order valence-electron chi connectivity index (χ2n) is 21.3. The molecule has 4 rings (SSSR count). The van der Waals surface area contributed by atoms with E-state index in [-0.39, 0.29) is 56.8 Å². The zero-order valence-electron chi connectivity index (χ0n) is 45.0. The molecule has 3 aliphatic rings. The van der Waals surface area contributed by atoms with E-state index in [1.165, 1.54) is 30.7 Å². The average molecular weight is 1090 g/mol. The molecule has 77 heavy (non-hydrogen) atoms. The molecule has 18 N–H and O–H groups in total. The topological polar surface area (TPSA) is 412 Å². The Hall–Kier alpha value is -5.09. The van der Waals surface area contributed by atoms with Crippen LogP contribution in [-0.4, -0.2) is 204 Å². The van der Waals surface area contributed by atoms with Crippen LogP contribution < -0.4 is 43.4 Å². The summed E-state index contributed by atoms with van der Waals surface area (Å²) in [4.78, 5) is 102. The summed E-state index contributed by atoms with van der Waals surface area (Å²) >= 11 is 0. The first-order chi connectivity index (χ1) is 36.5. The number of nitrogens with zero attached hydrogens (tertiary/aromatic N) is 2. The van der Waals surface area contributed by atoms with Gasteiger partial charge in [-0.2, -0.15) is 0 Å². The lowest BCUT2D eigenvalue weighted by Crippen LogP contribution is -2.65. The van der Waals surface area contributed by atoms with Crippen molar-refractivity contribution < 1.29 is 74.4 Å².